The summed E-state index contributed by atoms with van der Waals surface area (Å²) in [5.74, 6) is 0. The second kappa shape index (κ2) is 4.22. The minimum absolute atomic E-state index is 0.759. The van der Waals surface area contributed by atoms with Crippen molar-refractivity contribution < 1.29 is 0 Å². The topological polar surface area (TPSA) is 30.7 Å². The normalized spacial score (nSPS) is 10.4. The van der Waals surface area contributed by atoms with Crippen molar-refractivity contribution in [3.8, 4) is 16.9 Å². The Hall–Kier alpha value is -2.42. The van der Waals surface area contributed by atoms with Crippen LogP contribution in [0.1, 0.15) is 0 Å². The maximum absolute atomic E-state index is 4.12. The van der Waals surface area contributed by atoms with Gasteiger partial charge in [0.25, 0.3) is 0 Å². The highest BCUT2D eigenvalue weighted by molar-refractivity contribution is 5.57. The van der Waals surface area contributed by atoms with Crippen LogP contribution in [0.3, 0.4) is 0 Å². The van der Waals surface area contributed by atoms with Gasteiger partial charge in [0.2, 0.25) is 0 Å². The molecule has 1 aromatic heterocycles. The summed E-state index contributed by atoms with van der Waals surface area (Å²) < 4.78 is 1.66. The first-order chi connectivity index (χ1) is 8.43. The van der Waals surface area contributed by atoms with Crippen LogP contribution in [0.5, 0.6) is 0 Å². The lowest BCUT2D eigenvalue weighted by atomic mass is 10.2. The molecule has 0 aliphatic carbocycles. The quantitative estimate of drug-likeness (QED) is 0.664. The first-order valence-electron chi connectivity index (χ1n) is 5.39. The number of benzene rings is 2. The molecule has 0 fully saturated rings. The van der Waals surface area contributed by atoms with Gasteiger partial charge in [0.05, 0.1) is 5.69 Å². The molecular weight excluding hydrogens is 210 g/mol. The van der Waals surface area contributed by atoms with Crippen molar-refractivity contribution in [1.82, 2.24) is 15.0 Å². The van der Waals surface area contributed by atoms with Gasteiger partial charge in [0.15, 0.2) is 0 Å². The van der Waals surface area contributed by atoms with Gasteiger partial charge < -0.3 is 0 Å². The van der Waals surface area contributed by atoms with Crippen LogP contribution in [-0.2, 0) is 0 Å². The standard InChI is InChI=1S/C14H10N3/c1-3-7-12(8-4-1)14-11-17(16-15-14)13-9-5-2-6-10-13/h1-10H. The van der Waals surface area contributed by atoms with Crippen molar-refractivity contribution in [2.75, 3.05) is 0 Å². The van der Waals surface area contributed by atoms with Gasteiger partial charge in [0, 0.05) is 5.56 Å². The molecule has 0 amide bonds. The van der Waals surface area contributed by atoms with Gasteiger partial charge in [0.1, 0.15) is 11.9 Å². The van der Waals surface area contributed by atoms with E-state index in [4.69, 9.17) is 0 Å². The predicted octanol–water partition coefficient (Wildman–Crippen LogP) is 2.73. The fourth-order valence-electron chi connectivity index (χ4n) is 1.64. The Morgan fingerprint density at radius 2 is 1.47 bits per heavy atom. The van der Waals surface area contributed by atoms with Crippen LogP contribution in [0.15, 0.2) is 60.7 Å². The molecule has 1 radical (unpaired) electrons. The zero-order chi connectivity index (χ0) is 11.5. The summed E-state index contributed by atoms with van der Waals surface area (Å²) >= 11 is 0. The summed E-state index contributed by atoms with van der Waals surface area (Å²) in [5.41, 5.74) is 2.74. The van der Waals surface area contributed by atoms with E-state index in [-0.39, 0.29) is 0 Å². The summed E-state index contributed by atoms with van der Waals surface area (Å²) in [4.78, 5) is 0. The smallest absolute Gasteiger partial charge is 0.123 e. The van der Waals surface area contributed by atoms with Gasteiger partial charge in [-0.2, -0.15) is 0 Å². The van der Waals surface area contributed by atoms with E-state index in [0.29, 0.717) is 0 Å². The summed E-state index contributed by atoms with van der Waals surface area (Å²) in [7, 11) is 0. The lowest BCUT2D eigenvalue weighted by Gasteiger charge is -1.96. The van der Waals surface area contributed by atoms with Gasteiger partial charge in [-0.25, -0.2) is 4.68 Å². The Morgan fingerprint density at radius 3 is 2.18 bits per heavy atom. The molecule has 0 spiro atoms. The molecule has 3 rings (SSSR count). The Labute approximate surface area is 99.3 Å². The maximum atomic E-state index is 4.12. The largest absolute Gasteiger partial charge is 0.211 e. The van der Waals surface area contributed by atoms with E-state index in [9.17, 15) is 0 Å². The van der Waals surface area contributed by atoms with Crippen molar-refractivity contribution in [3.63, 3.8) is 0 Å². The van der Waals surface area contributed by atoms with E-state index in [1.54, 1.807) is 4.68 Å². The molecule has 0 saturated heterocycles. The molecule has 3 aromatic rings. The second-order valence-electron chi connectivity index (χ2n) is 3.66. The summed E-state index contributed by atoms with van der Waals surface area (Å²) in [6.45, 7) is 0. The average Bonchev–Trinajstić information content (AvgIpc) is 2.90. The molecule has 0 saturated carbocycles. The lowest BCUT2D eigenvalue weighted by molar-refractivity contribution is 0.800. The molecule has 0 aliphatic heterocycles. The zero-order valence-corrected chi connectivity index (χ0v) is 9.12. The highest BCUT2D eigenvalue weighted by Crippen LogP contribution is 2.15. The van der Waals surface area contributed by atoms with Crippen LogP contribution in [0.4, 0.5) is 0 Å². The Kier molecular flexibility index (Phi) is 2.43. The van der Waals surface area contributed by atoms with Crippen LogP contribution in [0, 0.1) is 6.20 Å². The van der Waals surface area contributed by atoms with Crippen molar-refractivity contribution >= 4 is 0 Å². The van der Waals surface area contributed by atoms with Gasteiger partial charge in [-0.1, -0.05) is 53.7 Å². The van der Waals surface area contributed by atoms with Crippen molar-refractivity contribution in [1.29, 1.82) is 0 Å². The highest BCUT2D eigenvalue weighted by atomic mass is 15.4. The van der Waals surface area contributed by atoms with Gasteiger partial charge in [-0.15, -0.1) is 5.10 Å². The molecule has 0 bridgehead atoms. The van der Waals surface area contributed by atoms with E-state index >= 15 is 0 Å². The summed E-state index contributed by atoms with van der Waals surface area (Å²) in [6.07, 6.45) is 3.14. The predicted molar refractivity (Wildman–Crippen MR) is 65.6 cm³/mol. The van der Waals surface area contributed by atoms with Crippen LogP contribution < -0.4 is 0 Å². The molecule has 0 atom stereocenters. The molecule has 0 N–H and O–H groups in total. The molecule has 2 aromatic carbocycles. The molecule has 3 heteroatoms. The van der Waals surface area contributed by atoms with Crippen LogP contribution >= 0.6 is 0 Å². The monoisotopic (exact) mass is 220 g/mol. The number of rotatable bonds is 2. The zero-order valence-electron chi connectivity index (χ0n) is 9.12. The van der Waals surface area contributed by atoms with Crippen molar-refractivity contribution in [2.45, 2.75) is 0 Å². The Balaban J connectivity index is 1.99. The fourth-order valence-corrected chi connectivity index (χ4v) is 1.64. The fraction of sp³-hybridized carbons (Fsp3) is 0. The van der Waals surface area contributed by atoms with Gasteiger partial charge in [-0.3, -0.25) is 0 Å². The number of hydrogen-bond donors (Lipinski definition) is 0. The summed E-state index contributed by atoms with van der Waals surface area (Å²) in [6, 6.07) is 19.8. The lowest BCUT2D eigenvalue weighted by Crippen LogP contribution is -1.93. The van der Waals surface area contributed by atoms with E-state index in [1.807, 2.05) is 60.7 Å². The number of aromatic nitrogens is 3. The molecule has 1 heterocycles. The third-order valence-electron chi connectivity index (χ3n) is 2.49. The third-order valence-corrected chi connectivity index (χ3v) is 2.49. The van der Waals surface area contributed by atoms with E-state index in [0.717, 1.165) is 16.9 Å². The van der Waals surface area contributed by atoms with Gasteiger partial charge in [-0.05, 0) is 12.1 Å². The Bertz CT molecular complexity index is 546. The van der Waals surface area contributed by atoms with Crippen molar-refractivity contribution in [2.24, 2.45) is 0 Å². The minimum atomic E-state index is 0.759. The molecule has 3 nitrogen and oxygen atoms in total. The third kappa shape index (κ3) is 1.95. The molecule has 0 aliphatic rings. The number of hydrogen-bond acceptors (Lipinski definition) is 2. The molecule has 0 unspecified atom stereocenters. The first-order valence-corrected chi connectivity index (χ1v) is 5.39. The van der Waals surface area contributed by atoms with E-state index < -0.39 is 0 Å². The van der Waals surface area contributed by atoms with E-state index in [2.05, 4.69) is 16.5 Å². The van der Waals surface area contributed by atoms with Crippen LogP contribution in [0.25, 0.3) is 16.9 Å². The molecule has 17 heavy (non-hydrogen) atoms. The van der Waals surface area contributed by atoms with Crippen LogP contribution in [0.2, 0.25) is 0 Å². The number of nitrogens with zero attached hydrogens (tertiary/aromatic N) is 3. The number of para-hydroxylation sites is 1. The average molecular weight is 220 g/mol. The second-order valence-corrected chi connectivity index (χ2v) is 3.66. The highest BCUT2D eigenvalue weighted by Gasteiger charge is 2.04. The van der Waals surface area contributed by atoms with Gasteiger partial charge >= 0.3 is 0 Å². The van der Waals surface area contributed by atoms with Crippen molar-refractivity contribution in [3.05, 3.63) is 66.9 Å². The van der Waals surface area contributed by atoms with E-state index in [1.165, 1.54) is 0 Å². The molecule has 81 valence electrons. The maximum Gasteiger partial charge on any atom is 0.123 e. The summed E-state index contributed by atoms with van der Waals surface area (Å²) in [5, 5.41) is 8.19. The minimum Gasteiger partial charge on any atom is -0.211 e. The Morgan fingerprint density at radius 1 is 0.824 bits per heavy atom. The molecular formula is C14H10N3. The first kappa shape index (κ1) is 9.78. The SMILES string of the molecule is [c]1c(-c2ccccc2)nnn1-c1ccccc1. The van der Waals surface area contributed by atoms with Crippen LogP contribution in [-0.4, -0.2) is 15.0 Å².